The first-order valence-corrected chi connectivity index (χ1v) is 7.59. The molecule has 2 rings (SSSR count). The normalized spacial score (nSPS) is 10.2. The molecule has 1 aromatic carbocycles. The predicted octanol–water partition coefficient (Wildman–Crippen LogP) is 2.39. The Morgan fingerprint density at radius 3 is 2.61 bits per heavy atom. The van der Waals surface area contributed by atoms with Gasteiger partial charge in [-0.2, -0.15) is 0 Å². The summed E-state index contributed by atoms with van der Waals surface area (Å²) in [5.41, 5.74) is 2.16. The third-order valence-corrected chi connectivity index (χ3v) is 3.55. The minimum Gasteiger partial charge on any atom is -0.493 e. The lowest BCUT2D eigenvalue weighted by Crippen LogP contribution is -2.25. The Balaban J connectivity index is 1.75. The van der Waals surface area contributed by atoms with Crippen molar-refractivity contribution < 1.29 is 14.3 Å². The van der Waals surface area contributed by atoms with Gasteiger partial charge < -0.3 is 14.8 Å². The molecular formula is C18H22N2O3. The van der Waals surface area contributed by atoms with Crippen LogP contribution in [-0.4, -0.2) is 31.7 Å². The van der Waals surface area contributed by atoms with Crippen LogP contribution < -0.4 is 14.8 Å². The molecule has 0 spiro atoms. The molecule has 0 aliphatic heterocycles. The molecule has 0 aliphatic carbocycles. The predicted molar refractivity (Wildman–Crippen MR) is 88.8 cm³/mol. The Hall–Kier alpha value is -2.56. The third-order valence-electron chi connectivity index (χ3n) is 3.55. The van der Waals surface area contributed by atoms with Crippen molar-refractivity contribution in [3.63, 3.8) is 0 Å². The third kappa shape index (κ3) is 5.29. The average Bonchev–Trinajstić information content (AvgIpc) is 2.60. The number of rotatable bonds is 8. The van der Waals surface area contributed by atoms with E-state index in [1.165, 1.54) is 0 Å². The lowest BCUT2D eigenvalue weighted by Gasteiger charge is -2.10. The maximum Gasteiger partial charge on any atom is 0.220 e. The van der Waals surface area contributed by atoms with Gasteiger partial charge >= 0.3 is 0 Å². The van der Waals surface area contributed by atoms with E-state index >= 15 is 0 Å². The molecule has 0 aliphatic rings. The lowest BCUT2D eigenvalue weighted by molar-refractivity contribution is -0.121. The zero-order chi connectivity index (χ0) is 16.5. The van der Waals surface area contributed by atoms with Gasteiger partial charge in [-0.1, -0.05) is 12.1 Å². The van der Waals surface area contributed by atoms with Gasteiger partial charge in [0.2, 0.25) is 5.91 Å². The number of amides is 1. The van der Waals surface area contributed by atoms with Crippen LogP contribution in [0.15, 0.2) is 42.7 Å². The van der Waals surface area contributed by atoms with E-state index in [0.717, 1.165) is 17.5 Å². The summed E-state index contributed by atoms with van der Waals surface area (Å²) < 4.78 is 10.5. The summed E-state index contributed by atoms with van der Waals surface area (Å²) in [4.78, 5) is 15.9. The molecule has 5 nitrogen and oxygen atoms in total. The topological polar surface area (TPSA) is 60.5 Å². The second kappa shape index (κ2) is 8.78. The summed E-state index contributed by atoms with van der Waals surface area (Å²) in [6.07, 6.45) is 5.44. The van der Waals surface area contributed by atoms with Crippen LogP contribution in [0.4, 0.5) is 0 Å². The fraction of sp³-hybridized carbons (Fsp3) is 0.333. The van der Waals surface area contributed by atoms with Crippen LogP contribution in [0.5, 0.6) is 11.5 Å². The maximum atomic E-state index is 11.9. The van der Waals surface area contributed by atoms with Crippen molar-refractivity contribution in [2.45, 2.75) is 19.3 Å². The number of hydrogen-bond donors (Lipinski definition) is 1. The first-order valence-electron chi connectivity index (χ1n) is 7.59. The number of ether oxygens (including phenoxy) is 2. The van der Waals surface area contributed by atoms with Crippen LogP contribution >= 0.6 is 0 Å². The molecule has 0 unspecified atom stereocenters. The number of nitrogens with zero attached hydrogens (tertiary/aromatic N) is 1. The molecule has 1 amide bonds. The van der Waals surface area contributed by atoms with Crippen LogP contribution in [0.25, 0.3) is 0 Å². The second-order valence-electron chi connectivity index (χ2n) is 5.15. The molecule has 0 saturated carbocycles. The van der Waals surface area contributed by atoms with Crippen molar-refractivity contribution in [2.75, 3.05) is 20.8 Å². The van der Waals surface area contributed by atoms with E-state index in [4.69, 9.17) is 9.47 Å². The smallest absolute Gasteiger partial charge is 0.220 e. The van der Waals surface area contributed by atoms with Crippen LogP contribution in [0.3, 0.4) is 0 Å². The quantitative estimate of drug-likeness (QED) is 0.813. The molecular weight excluding hydrogens is 292 g/mol. The zero-order valence-electron chi connectivity index (χ0n) is 13.5. The number of carbonyl (C=O) groups is 1. The van der Waals surface area contributed by atoms with Gasteiger partial charge in [0, 0.05) is 25.4 Å². The van der Waals surface area contributed by atoms with Crippen molar-refractivity contribution in [1.29, 1.82) is 0 Å². The number of carbonyl (C=O) groups excluding carboxylic acids is 1. The van der Waals surface area contributed by atoms with Crippen molar-refractivity contribution in [2.24, 2.45) is 0 Å². The molecule has 1 aromatic heterocycles. The Labute approximate surface area is 136 Å². The molecule has 0 saturated heterocycles. The maximum absolute atomic E-state index is 11.9. The van der Waals surface area contributed by atoms with Crippen LogP contribution in [-0.2, 0) is 17.6 Å². The van der Waals surface area contributed by atoms with Crippen LogP contribution in [0, 0.1) is 0 Å². The number of aryl methyl sites for hydroxylation is 1. The van der Waals surface area contributed by atoms with Gasteiger partial charge in [0.15, 0.2) is 11.5 Å². The minimum absolute atomic E-state index is 0.0503. The largest absolute Gasteiger partial charge is 0.493 e. The zero-order valence-corrected chi connectivity index (χ0v) is 13.5. The number of aromatic nitrogens is 1. The highest BCUT2D eigenvalue weighted by Gasteiger charge is 2.06. The summed E-state index contributed by atoms with van der Waals surface area (Å²) in [5.74, 6) is 1.46. The minimum atomic E-state index is 0.0503. The number of pyridine rings is 1. The van der Waals surface area contributed by atoms with Crippen LogP contribution in [0.2, 0.25) is 0 Å². The summed E-state index contributed by atoms with van der Waals surface area (Å²) >= 11 is 0. The monoisotopic (exact) mass is 314 g/mol. The van der Waals surface area contributed by atoms with Crippen molar-refractivity contribution in [3.05, 3.63) is 53.9 Å². The van der Waals surface area contributed by atoms with Gasteiger partial charge in [0.25, 0.3) is 0 Å². The van der Waals surface area contributed by atoms with E-state index in [9.17, 15) is 4.79 Å². The molecule has 2 aromatic rings. The van der Waals surface area contributed by atoms with Crippen molar-refractivity contribution in [1.82, 2.24) is 10.3 Å². The summed E-state index contributed by atoms with van der Waals surface area (Å²) in [7, 11) is 3.22. The molecule has 5 heteroatoms. The molecule has 0 bridgehead atoms. The van der Waals surface area contributed by atoms with E-state index in [2.05, 4.69) is 10.3 Å². The fourth-order valence-electron chi connectivity index (χ4n) is 2.27. The first-order chi connectivity index (χ1) is 11.2. The average molecular weight is 314 g/mol. The summed E-state index contributed by atoms with van der Waals surface area (Å²) in [6.45, 7) is 0.599. The molecule has 0 atom stereocenters. The SMILES string of the molecule is COc1ccc(CCNC(=O)CCc2cccnc2)cc1OC. The van der Waals surface area contributed by atoms with E-state index in [1.807, 2.05) is 30.3 Å². The van der Waals surface area contributed by atoms with E-state index in [-0.39, 0.29) is 5.91 Å². The number of nitrogens with one attached hydrogen (secondary N) is 1. The molecule has 23 heavy (non-hydrogen) atoms. The van der Waals surface area contributed by atoms with Gasteiger partial charge in [-0.25, -0.2) is 0 Å². The molecule has 1 heterocycles. The highest BCUT2D eigenvalue weighted by atomic mass is 16.5. The van der Waals surface area contributed by atoms with Gasteiger partial charge in [0.05, 0.1) is 14.2 Å². The fourth-order valence-corrected chi connectivity index (χ4v) is 2.27. The molecule has 122 valence electrons. The molecule has 0 radical (unpaired) electrons. The van der Waals surface area contributed by atoms with E-state index in [1.54, 1.807) is 26.6 Å². The highest BCUT2D eigenvalue weighted by molar-refractivity contribution is 5.76. The lowest BCUT2D eigenvalue weighted by atomic mass is 10.1. The molecule has 1 N–H and O–H groups in total. The Kier molecular flexibility index (Phi) is 6.41. The van der Waals surface area contributed by atoms with Crippen molar-refractivity contribution in [3.8, 4) is 11.5 Å². The highest BCUT2D eigenvalue weighted by Crippen LogP contribution is 2.27. The second-order valence-corrected chi connectivity index (χ2v) is 5.15. The number of hydrogen-bond acceptors (Lipinski definition) is 4. The standard InChI is InChI=1S/C18H22N2O3/c1-22-16-7-5-14(12-17(16)23-2)9-11-20-18(21)8-6-15-4-3-10-19-13-15/h3-5,7,10,12-13H,6,8-9,11H2,1-2H3,(H,20,21). The van der Waals surface area contributed by atoms with Crippen LogP contribution in [0.1, 0.15) is 17.5 Å². The van der Waals surface area contributed by atoms with Crippen molar-refractivity contribution >= 4 is 5.91 Å². The number of methoxy groups -OCH3 is 2. The van der Waals surface area contributed by atoms with E-state index in [0.29, 0.717) is 30.9 Å². The Morgan fingerprint density at radius 2 is 1.91 bits per heavy atom. The van der Waals surface area contributed by atoms with E-state index < -0.39 is 0 Å². The summed E-state index contributed by atoms with van der Waals surface area (Å²) in [5, 5.41) is 2.94. The summed E-state index contributed by atoms with van der Waals surface area (Å²) in [6, 6.07) is 9.64. The van der Waals surface area contributed by atoms with Gasteiger partial charge in [-0.05, 0) is 42.2 Å². The first kappa shape index (κ1) is 16.8. The molecule has 0 fully saturated rings. The van der Waals surface area contributed by atoms with Gasteiger partial charge in [0.1, 0.15) is 0 Å². The van der Waals surface area contributed by atoms with Gasteiger partial charge in [-0.3, -0.25) is 9.78 Å². The Bertz CT molecular complexity index is 629. The Morgan fingerprint density at radius 1 is 1.09 bits per heavy atom. The number of benzene rings is 1. The van der Waals surface area contributed by atoms with Gasteiger partial charge in [-0.15, -0.1) is 0 Å².